The Balaban J connectivity index is 0.899. The van der Waals surface area contributed by atoms with Crippen LogP contribution in [0.2, 0.25) is 0 Å². The van der Waals surface area contributed by atoms with E-state index in [9.17, 15) is 75.9 Å². The number of anilines is 6. The van der Waals surface area contributed by atoms with Gasteiger partial charge in [0.25, 0.3) is 23.6 Å². The molecule has 0 saturated carbocycles. The molecule has 0 saturated heterocycles. The number of hydrogen-bond donors (Lipinski definition) is 6. The van der Waals surface area contributed by atoms with Crippen molar-refractivity contribution < 1.29 is 75.9 Å². The number of rotatable bonds is 14. The van der Waals surface area contributed by atoms with Crippen molar-refractivity contribution in [3.8, 4) is 0 Å². The van der Waals surface area contributed by atoms with E-state index in [1.165, 1.54) is 108 Å². The summed E-state index contributed by atoms with van der Waals surface area (Å²) < 4.78 is 150. The maximum atomic E-state index is 13.4. The molecule has 8 rings (SSSR count). The lowest BCUT2D eigenvalue weighted by Gasteiger charge is -2.18. The van der Waals surface area contributed by atoms with E-state index in [1.807, 2.05) is 0 Å². The Hall–Kier alpha value is -8.69. The molecule has 6 amide bonds. The van der Waals surface area contributed by atoms with E-state index >= 15 is 0 Å². The third kappa shape index (κ3) is 11.1. The third-order valence-corrected chi connectivity index (χ3v) is 15.1. The standard InChI is InChI=1S/C45H40N10O17S4/c1-52-19-24(41(56)46-31-12-11-28-29(40(31)76(70,71)72)8-6-10-33(28)73(61,62)63)14-36(52)48-43(58)26-16-38(54(3)21-26)50-45(60)51-39-17-27(22-55(39)4)44(59)49-37-15-25(20-53(37)2)42(57)47-32-18-30-23(13-35(32)75(67,68)69)7-5-9-34(30)74(64,65)66/h5-22H,1-4H3,(H,46,56)(H,47,57)(H,48,58)(H,49,59)(H2,50,51,60)(H,61,62,63)(H,64,65,66)(H,67,68,69)(H,70,71,72)/p-4. The lowest BCUT2D eigenvalue weighted by atomic mass is 10.1. The van der Waals surface area contributed by atoms with Crippen molar-refractivity contribution in [3.05, 3.63) is 132 Å². The first-order valence-electron chi connectivity index (χ1n) is 21.3. The molecule has 4 aromatic carbocycles. The van der Waals surface area contributed by atoms with Gasteiger partial charge < -0.3 is 57.7 Å². The van der Waals surface area contributed by atoms with Gasteiger partial charge in [0.1, 0.15) is 63.7 Å². The van der Waals surface area contributed by atoms with Gasteiger partial charge in [0.05, 0.1) is 53.2 Å². The van der Waals surface area contributed by atoms with Crippen LogP contribution in [0.5, 0.6) is 0 Å². The van der Waals surface area contributed by atoms with Crippen molar-refractivity contribution in [2.24, 2.45) is 28.2 Å². The molecular weight excluding hydrogens is 1080 g/mol. The maximum Gasteiger partial charge on any atom is 0.325 e. The van der Waals surface area contributed by atoms with E-state index in [4.69, 9.17) is 0 Å². The number of fused-ring (bicyclic) bond motifs is 2. The monoisotopic (exact) mass is 1120 g/mol. The summed E-state index contributed by atoms with van der Waals surface area (Å²) in [4.78, 5) is 63.3. The van der Waals surface area contributed by atoms with Crippen molar-refractivity contribution in [2.45, 2.75) is 19.6 Å². The molecule has 8 aromatic rings. The molecular formula is C45H36N10O17S4-4. The number of nitrogens with zero attached hydrogens (tertiary/aromatic N) is 4. The van der Waals surface area contributed by atoms with Gasteiger partial charge in [0.15, 0.2) is 0 Å². The van der Waals surface area contributed by atoms with Gasteiger partial charge in [-0.25, -0.2) is 38.5 Å². The van der Waals surface area contributed by atoms with Crippen molar-refractivity contribution >= 4 is 126 Å². The molecule has 31 heteroatoms. The van der Waals surface area contributed by atoms with Crippen LogP contribution in [0.4, 0.5) is 39.4 Å². The van der Waals surface area contributed by atoms with Crippen LogP contribution in [-0.2, 0) is 68.7 Å². The van der Waals surface area contributed by atoms with Crippen LogP contribution >= 0.6 is 0 Å². The highest BCUT2D eigenvalue weighted by Gasteiger charge is 2.24. The second kappa shape index (κ2) is 19.5. The van der Waals surface area contributed by atoms with E-state index in [1.54, 1.807) is 0 Å². The summed E-state index contributed by atoms with van der Waals surface area (Å²) in [6, 6.07) is 14.5. The van der Waals surface area contributed by atoms with E-state index < -0.39 is 106 Å². The SMILES string of the molecule is Cn1cc(C(=O)Nc2cc(C(=O)Nc3cc4c(S(=O)(=O)[O-])cccc4cc3S(=O)(=O)[O-])cn2C)cc1NC(=O)Nc1cc(C(=O)Nc2cc(C(=O)Nc3ccc4c(S(=O)(=O)[O-])cccc4c3S(=O)(=O)[O-])cn2C)cn1C. The predicted octanol–water partition coefficient (Wildman–Crippen LogP) is 3.62. The van der Waals surface area contributed by atoms with E-state index in [0.29, 0.717) is 0 Å². The van der Waals surface area contributed by atoms with Gasteiger partial charge in [-0.2, -0.15) is 0 Å². The number of amides is 6. The number of carbonyl (C=O) groups is 5. The number of nitrogens with one attached hydrogen (secondary N) is 6. The molecule has 76 heavy (non-hydrogen) atoms. The quantitative estimate of drug-likeness (QED) is 0.0847. The zero-order valence-electron chi connectivity index (χ0n) is 39.3. The molecule has 0 atom stereocenters. The van der Waals surface area contributed by atoms with Crippen LogP contribution in [0.3, 0.4) is 0 Å². The molecule has 4 aromatic heterocycles. The van der Waals surface area contributed by atoms with E-state index in [-0.39, 0.29) is 61.7 Å². The molecule has 0 aliphatic carbocycles. The molecule has 0 aliphatic rings. The summed E-state index contributed by atoms with van der Waals surface area (Å²) in [6.07, 6.45) is 5.26. The van der Waals surface area contributed by atoms with Gasteiger partial charge in [-0.1, -0.05) is 30.3 Å². The van der Waals surface area contributed by atoms with Crippen LogP contribution in [0.25, 0.3) is 21.5 Å². The molecule has 0 aliphatic heterocycles. The average Bonchev–Trinajstić information content (AvgIpc) is 4.09. The van der Waals surface area contributed by atoms with Gasteiger partial charge in [-0.05, 0) is 60.0 Å². The molecule has 0 radical (unpaired) electrons. The van der Waals surface area contributed by atoms with Crippen LogP contribution in [0.1, 0.15) is 41.4 Å². The Morgan fingerprint density at radius 1 is 0.382 bits per heavy atom. The Morgan fingerprint density at radius 2 is 0.763 bits per heavy atom. The minimum absolute atomic E-state index is 0.0263. The summed E-state index contributed by atoms with van der Waals surface area (Å²) in [5, 5.41) is 13.8. The fraction of sp³-hybridized carbons (Fsp3) is 0.0889. The highest BCUT2D eigenvalue weighted by Crippen LogP contribution is 2.35. The smallest absolute Gasteiger partial charge is 0.325 e. The molecule has 0 spiro atoms. The first-order chi connectivity index (χ1) is 35.4. The topological polar surface area (TPSA) is 406 Å². The summed E-state index contributed by atoms with van der Waals surface area (Å²) in [5.41, 5.74) is -1.33. The molecule has 0 fully saturated rings. The zero-order chi connectivity index (χ0) is 55.6. The average molecular weight is 1120 g/mol. The molecule has 6 N–H and O–H groups in total. The number of urea groups is 1. The largest absolute Gasteiger partial charge is 0.744 e. The second-order valence-electron chi connectivity index (χ2n) is 16.7. The van der Waals surface area contributed by atoms with Crippen molar-refractivity contribution in [1.29, 1.82) is 0 Å². The summed E-state index contributed by atoms with van der Waals surface area (Å²) in [5.74, 6) is -2.98. The molecule has 396 valence electrons. The Kier molecular flexibility index (Phi) is 13.8. The minimum atomic E-state index is -5.37. The summed E-state index contributed by atoms with van der Waals surface area (Å²) in [6.45, 7) is 0. The predicted molar refractivity (Wildman–Crippen MR) is 266 cm³/mol. The Bertz CT molecular complexity index is 4290. The summed E-state index contributed by atoms with van der Waals surface area (Å²) in [7, 11) is -14.8. The van der Waals surface area contributed by atoms with Crippen molar-refractivity contribution in [1.82, 2.24) is 18.3 Å². The van der Waals surface area contributed by atoms with Crippen LogP contribution in [0.15, 0.2) is 129 Å². The zero-order valence-corrected chi connectivity index (χ0v) is 42.5. The lowest BCUT2D eigenvalue weighted by molar-refractivity contribution is 0.101. The van der Waals surface area contributed by atoms with Crippen LogP contribution in [-0.4, -0.2) is 99.8 Å². The van der Waals surface area contributed by atoms with Crippen LogP contribution < -0.4 is 31.9 Å². The first-order valence-corrected chi connectivity index (χ1v) is 27.0. The fourth-order valence-electron chi connectivity index (χ4n) is 7.97. The Labute approximate surface area is 430 Å². The third-order valence-electron chi connectivity index (χ3n) is 11.5. The van der Waals surface area contributed by atoms with Gasteiger partial charge in [0, 0.05) is 69.1 Å². The summed E-state index contributed by atoms with van der Waals surface area (Å²) >= 11 is 0. The van der Waals surface area contributed by atoms with E-state index in [2.05, 4.69) is 31.9 Å². The van der Waals surface area contributed by atoms with E-state index in [0.717, 1.165) is 48.5 Å². The van der Waals surface area contributed by atoms with Gasteiger partial charge in [-0.15, -0.1) is 0 Å². The van der Waals surface area contributed by atoms with Crippen LogP contribution in [0, 0.1) is 0 Å². The van der Waals surface area contributed by atoms with Crippen molar-refractivity contribution in [3.63, 3.8) is 0 Å². The maximum absolute atomic E-state index is 13.4. The number of aromatic nitrogens is 4. The second-order valence-corrected chi connectivity index (χ2v) is 22.1. The fourth-order valence-corrected chi connectivity index (χ4v) is 10.8. The molecule has 0 unspecified atom stereocenters. The van der Waals surface area contributed by atoms with Gasteiger partial charge in [0.2, 0.25) is 0 Å². The normalized spacial score (nSPS) is 12.1. The number of hydrogen-bond acceptors (Lipinski definition) is 17. The molecule has 0 bridgehead atoms. The first kappa shape index (κ1) is 53.6. The minimum Gasteiger partial charge on any atom is -0.744 e. The van der Waals surface area contributed by atoms with Gasteiger partial charge >= 0.3 is 6.03 Å². The number of aryl methyl sites for hydroxylation is 4. The number of benzene rings is 4. The van der Waals surface area contributed by atoms with Gasteiger partial charge in [-0.3, -0.25) is 29.8 Å². The highest BCUT2D eigenvalue weighted by atomic mass is 32.2. The highest BCUT2D eigenvalue weighted by molar-refractivity contribution is 7.87. The Morgan fingerprint density at radius 3 is 1.18 bits per heavy atom. The molecule has 4 heterocycles. The lowest BCUT2D eigenvalue weighted by Crippen LogP contribution is -2.22. The molecule has 27 nitrogen and oxygen atoms in total. The van der Waals surface area contributed by atoms with Crippen molar-refractivity contribution in [2.75, 3.05) is 31.9 Å². The number of carbonyl (C=O) groups excluding carboxylic acids is 5.